The summed E-state index contributed by atoms with van der Waals surface area (Å²) < 4.78 is 26.9. The molecule has 19 N–H and O–H groups in total. The minimum atomic E-state index is -1.92. The highest BCUT2D eigenvalue weighted by atomic mass is 16.6. The third-order valence-electron chi connectivity index (χ3n) is 15.8. The van der Waals surface area contributed by atoms with Crippen LogP contribution in [-0.2, 0) is 78.1 Å². The van der Waals surface area contributed by atoms with E-state index in [-0.39, 0.29) is 70.6 Å². The van der Waals surface area contributed by atoms with E-state index in [0.717, 1.165) is 13.8 Å². The third kappa shape index (κ3) is 43.4. The Balaban J connectivity index is 3.07. The van der Waals surface area contributed by atoms with Crippen LogP contribution in [0.25, 0.3) is 0 Å². The van der Waals surface area contributed by atoms with Gasteiger partial charge in [0.2, 0.25) is 59.1 Å². The number of ether oxygens (including phenoxy) is 5. The number of carbonyl (C=O) groups is 15. The summed E-state index contributed by atoms with van der Waals surface area (Å²) in [6.45, 7) is 26.7. The number of hydrogen-bond donors (Lipinski definition) is 19. The first-order valence-electron chi connectivity index (χ1n) is 38.3. The predicted octanol–water partition coefficient (Wildman–Crippen LogP) is -0.166. The van der Waals surface area contributed by atoms with Gasteiger partial charge in [0.05, 0.1) is 24.9 Å². The maximum absolute atomic E-state index is 15.2. The van der Waals surface area contributed by atoms with Crippen molar-refractivity contribution in [1.29, 1.82) is 0 Å². The molecule has 1 fully saturated rings. The highest BCUT2D eigenvalue weighted by Gasteiger charge is 2.38. The van der Waals surface area contributed by atoms with E-state index in [9.17, 15) is 72.9 Å². The largest absolute Gasteiger partial charge is 0.444 e. The zero-order valence-electron chi connectivity index (χ0n) is 69.4. The number of carbonyl (C=O) groups excluding carboxylic acids is 15. The van der Waals surface area contributed by atoms with Crippen molar-refractivity contribution in [3.63, 3.8) is 0 Å². The number of aliphatic hydroxyl groups is 3. The van der Waals surface area contributed by atoms with Crippen molar-refractivity contribution < 1.29 is 111 Å². The fourth-order valence-electron chi connectivity index (χ4n) is 10.7. The molecule has 114 heavy (non-hydrogen) atoms. The SMILES string of the molecule is CC(C)C[C@@H]1NC(=O)[C@@H](Cc2ccccc2)NC(=O)[C@H](CCNC(=O)OC(C)(C)C)NC[C@@H](NC(=O)[C@H](CCNC(=O)OC(C)(C)C)NC(=O)[C@@H](NC(=O)[C@H](CCNC(=O)OC(C)(C)C)NC(=O)CCO)C(C)O)CCNC(=O)[C@H]([C@H](C)O)NC(=O)[C@H](CCNC(=O)OC(C)(C)C)NC(=O)[C@H](CCNC(=O)OC(C)(C)C)NC1=O. The monoisotopic (exact) mass is 1620 g/mol. The Morgan fingerprint density at radius 1 is 0.465 bits per heavy atom. The first-order valence-corrected chi connectivity index (χ1v) is 38.3. The molecule has 0 aromatic heterocycles. The fourth-order valence-corrected chi connectivity index (χ4v) is 10.7. The molecule has 15 amide bonds. The topological polar surface area (TPSA) is 555 Å². The Bertz CT molecular complexity index is 3350. The Morgan fingerprint density at radius 2 is 0.851 bits per heavy atom. The van der Waals surface area contributed by atoms with Crippen LogP contribution in [0.4, 0.5) is 24.0 Å². The number of aliphatic hydroxyl groups excluding tert-OH is 3. The van der Waals surface area contributed by atoms with Crippen molar-refractivity contribution in [1.82, 2.24) is 85.1 Å². The maximum atomic E-state index is 15.2. The second-order valence-corrected chi connectivity index (χ2v) is 33.0. The van der Waals surface area contributed by atoms with Crippen LogP contribution >= 0.6 is 0 Å². The Morgan fingerprint density at radius 3 is 1.27 bits per heavy atom. The van der Waals surface area contributed by atoms with Crippen LogP contribution in [0.15, 0.2) is 30.3 Å². The summed E-state index contributed by atoms with van der Waals surface area (Å²) in [7, 11) is 0. The van der Waals surface area contributed by atoms with Crippen molar-refractivity contribution >= 4 is 89.5 Å². The summed E-state index contributed by atoms with van der Waals surface area (Å²) in [4.78, 5) is 210. The van der Waals surface area contributed by atoms with Crippen LogP contribution in [0.5, 0.6) is 0 Å². The number of nitrogens with one attached hydrogen (secondary N) is 16. The molecule has 0 radical (unpaired) electrons. The van der Waals surface area contributed by atoms with Gasteiger partial charge in [0.15, 0.2) is 0 Å². The molecule has 0 spiro atoms. The van der Waals surface area contributed by atoms with E-state index in [4.69, 9.17) is 23.7 Å². The van der Waals surface area contributed by atoms with Crippen molar-refractivity contribution in [2.75, 3.05) is 52.4 Å². The van der Waals surface area contributed by atoms with Crippen molar-refractivity contribution in [2.45, 2.75) is 290 Å². The zero-order chi connectivity index (χ0) is 86.6. The third-order valence-corrected chi connectivity index (χ3v) is 15.8. The van der Waals surface area contributed by atoms with Gasteiger partial charge in [-0.1, -0.05) is 44.2 Å². The Hall–Kier alpha value is -9.89. The molecule has 1 heterocycles. The molecule has 1 aromatic carbocycles. The van der Waals surface area contributed by atoms with Crippen molar-refractivity contribution in [3.8, 4) is 0 Å². The standard InChI is InChI=1S/C75H128N16O23/c1-42(2)39-52-62(101)86-50(29-36-80-69(108)113-74(14,15)16)59(98)85-51(30-37-81-70(109)114-75(17,18)19)61(100)90-55(43(3)93)64(103)76-32-25-46(41-82-47(26-33-77-66(105)110-71(5,6)7)57(96)89-53(63(102)88-52)40-45-23-21-20-22-24-45)83-58(97)49(28-35-79-68(107)112-73(11,12)13)87-65(104)56(44(4)94)91-60(99)48(84-54(95)31-38-92)27-34-78-67(106)111-72(8,9)10/h20-24,42-44,46-53,55-56,82,92-94H,25-41H2,1-19H3,(H,76,103)(H,77,105)(H,78,106)(H,79,107)(H,80,108)(H,81,109)(H,83,97)(H,84,95)(H,85,98)(H,86,101)(H,87,104)(H,88,102)(H,89,96)(H,90,100)(H,91,99)/t43-,44?,46-,47-,48-,49-,50-,51-,52-,53+,55-,56-/m0/s1. The minimum absolute atomic E-state index is 0.0829. The van der Waals surface area contributed by atoms with E-state index in [1.807, 2.05) is 0 Å². The molecule has 0 aliphatic carbocycles. The van der Waals surface area contributed by atoms with E-state index >= 15 is 14.4 Å². The summed E-state index contributed by atoms with van der Waals surface area (Å²) in [6.07, 6.45) is -10.9. The van der Waals surface area contributed by atoms with E-state index in [1.165, 1.54) is 0 Å². The lowest BCUT2D eigenvalue weighted by Crippen LogP contribution is -2.61. The number of alkyl carbamates (subject to hydrolysis) is 5. The lowest BCUT2D eigenvalue weighted by Gasteiger charge is -2.29. The molecule has 0 saturated carbocycles. The Kier molecular flexibility index (Phi) is 41.9. The first kappa shape index (κ1) is 100. The molecule has 1 aliphatic rings. The summed E-state index contributed by atoms with van der Waals surface area (Å²) in [5, 5.41) is 73.5. The molecule has 39 nitrogen and oxygen atoms in total. The van der Waals surface area contributed by atoms with Gasteiger partial charge in [-0.05, 0) is 174 Å². The fraction of sp³-hybridized carbons (Fsp3) is 0.720. The Labute approximate surface area is 667 Å². The van der Waals surface area contributed by atoms with Gasteiger partial charge >= 0.3 is 30.5 Å². The molecular weight excluding hydrogens is 1490 g/mol. The highest BCUT2D eigenvalue weighted by molar-refractivity contribution is 5.98. The lowest BCUT2D eigenvalue weighted by molar-refractivity contribution is -0.136. The second kappa shape index (κ2) is 47.7. The first-order chi connectivity index (χ1) is 52.7. The van der Waals surface area contributed by atoms with E-state index < -0.39 is 236 Å². The number of amides is 15. The zero-order valence-corrected chi connectivity index (χ0v) is 69.4. The van der Waals surface area contributed by atoms with Gasteiger partial charge in [-0.2, -0.15) is 0 Å². The normalized spacial score (nSPS) is 20.1. The van der Waals surface area contributed by atoms with Crippen LogP contribution in [0, 0.1) is 5.92 Å². The molecule has 2 rings (SSSR count). The summed E-state index contributed by atoms with van der Waals surface area (Å²) in [6, 6.07) is -7.66. The van der Waals surface area contributed by atoms with Crippen LogP contribution < -0.4 is 85.1 Å². The van der Waals surface area contributed by atoms with Crippen LogP contribution in [-0.4, -0.2) is 258 Å². The quantitative estimate of drug-likeness (QED) is 0.0445. The smallest absolute Gasteiger partial charge is 0.407 e. The highest BCUT2D eigenvalue weighted by Crippen LogP contribution is 2.16. The molecule has 12 atom stereocenters. The van der Waals surface area contributed by atoms with E-state index in [1.54, 1.807) is 148 Å². The van der Waals surface area contributed by atoms with Crippen LogP contribution in [0.3, 0.4) is 0 Å². The molecule has 1 aliphatic heterocycles. The van der Waals surface area contributed by atoms with Gasteiger partial charge in [-0.3, -0.25) is 47.9 Å². The average Bonchev–Trinajstić information content (AvgIpc) is 0.988. The molecule has 1 aromatic rings. The van der Waals surface area contributed by atoms with E-state index in [2.05, 4.69) is 85.1 Å². The molecule has 0 bridgehead atoms. The van der Waals surface area contributed by atoms with Gasteiger partial charge < -0.3 is 124 Å². The van der Waals surface area contributed by atoms with E-state index in [0.29, 0.717) is 5.56 Å². The molecule has 1 unspecified atom stereocenters. The number of hydrogen-bond acceptors (Lipinski definition) is 24. The van der Waals surface area contributed by atoms with Gasteiger partial charge in [-0.15, -0.1) is 0 Å². The molecule has 39 heteroatoms. The molecule has 646 valence electrons. The van der Waals surface area contributed by atoms with Crippen LogP contribution in [0.1, 0.15) is 188 Å². The van der Waals surface area contributed by atoms with Gasteiger partial charge in [0.1, 0.15) is 76.3 Å². The maximum Gasteiger partial charge on any atom is 0.407 e. The average molecular weight is 1620 g/mol. The predicted molar refractivity (Wildman–Crippen MR) is 416 cm³/mol. The lowest BCUT2D eigenvalue weighted by atomic mass is 10.00. The van der Waals surface area contributed by atoms with Crippen molar-refractivity contribution in [3.05, 3.63) is 35.9 Å². The summed E-state index contributed by atoms with van der Waals surface area (Å²) in [5.41, 5.74) is -4.31. The van der Waals surface area contributed by atoms with Crippen molar-refractivity contribution in [2.24, 2.45) is 5.92 Å². The van der Waals surface area contributed by atoms with Crippen LogP contribution in [0.2, 0.25) is 0 Å². The summed E-state index contributed by atoms with van der Waals surface area (Å²) in [5.74, 6) is -10.4. The van der Waals surface area contributed by atoms with Gasteiger partial charge in [0.25, 0.3) is 0 Å². The second-order valence-electron chi connectivity index (χ2n) is 33.0. The van der Waals surface area contributed by atoms with Gasteiger partial charge in [-0.25, -0.2) is 24.0 Å². The summed E-state index contributed by atoms with van der Waals surface area (Å²) >= 11 is 0. The molecule has 1 saturated heterocycles. The van der Waals surface area contributed by atoms with Gasteiger partial charge in [0, 0.05) is 64.7 Å². The molecular formula is C75H128N16O23. The number of benzene rings is 1. The minimum Gasteiger partial charge on any atom is -0.444 e. The number of rotatable bonds is 30.